The minimum atomic E-state index is -3.21. The standard InChI is InChI=1S/C17H28N4O3S2/c1-3-18-17(20-14-15-5-4-6-16(13-15)24-2)19-7-12-26(22,23)21-8-10-25-11-9-21/h4-6,13H,3,7-12,14H2,1-2H3,(H2,18,19,20). The van der Waals surface area contributed by atoms with Gasteiger partial charge < -0.3 is 15.4 Å². The molecule has 146 valence electrons. The van der Waals surface area contributed by atoms with Crippen molar-refractivity contribution >= 4 is 27.7 Å². The Hall–Kier alpha value is -1.45. The Morgan fingerprint density at radius 2 is 2.08 bits per heavy atom. The van der Waals surface area contributed by atoms with Gasteiger partial charge in [-0.1, -0.05) is 12.1 Å². The largest absolute Gasteiger partial charge is 0.497 e. The predicted octanol–water partition coefficient (Wildman–Crippen LogP) is 1.13. The second-order valence-electron chi connectivity index (χ2n) is 5.80. The van der Waals surface area contributed by atoms with Crippen LogP contribution in [0.1, 0.15) is 12.5 Å². The van der Waals surface area contributed by atoms with Gasteiger partial charge in [0.15, 0.2) is 5.96 Å². The van der Waals surface area contributed by atoms with Gasteiger partial charge in [0.25, 0.3) is 0 Å². The molecule has 1 aliphatic heterocycles. The summed E-state index contributed by atoms with van der Waals surface area (Å²) in [7, 11) is -1.58. The predicted molar refractivity (Wildman–Crippen MR) is 108 cm³/mol. The van der Waals surface area contributed by atoms with Gasteiger partial charge in [0, 0.05) is 37.7 Å². The van der Waals surface area contributed by atoms with Crippen molar-refractivity contribution in [1.29, 1.82) is 0 Å². The van der Waals surface area contributed by atoms with Crippen LogP contribution in [0.25, 0.3) is 0 Å². The quantitative estimate of drug-likeness (QED) is 0.503. The van der Waals surface area contributed by atoms with Gasteiger partial charge in [-0.15, -0.1) is 0 Å². The van der Waals surface area contributed by atoms with Gasteiger partial charge in [0.1, 0.15) is 5.75 Å². The summed E-state index contributed by atoms with van der Waals surface area (Å²) < 4.78 is 31.6. The van der Waals surface area contributed by atoms with Crippen molar-refractivity contribution in [3.8, 4) is 5.75 Å². The number of nitrogens with zero attached hydrogens (tertiary/aromatic N) is 2. The maximum absolute atomic E-state index is 12.4. The first-order valence-corrected chi connectivity index (χ1v) is 11.5. The molecular weight excluding hydrogens is 372 g/mol. The molecule has 1 fully saturated rings. The number of guanidine groups is 1. The Kier molecular flexibility index (Phi) is 8.53. The molecule has 2 rings (SSSR count). The van der Waals surface area contributed by atoms with Crippen molar-refractivity contribution in [2.45, 2.75) is 13.5 Å². The van der Waals surface area contributed by atoms with Crippen molar-refractivity contribution in [2.24, 2.45) is 4.99 Å². The van der Waals surface area contributed by atoms with Gasteiger partial charge in [-0.25, -0.2) is 17.7 Å². The first kappa shape index (κ1) is 20.9. The number of ether oxygens (including phenoxy) is 1. The summed E-state index contributed by atoms with van der Waals surface area (Å²) in [5.74, 6) is 3.22. The number of thioether (sulfide) groups is 1. The van der Waals surface area contributed by atoms with Crippen molar-refractivity contribution < 1.29 is 13.2 Å². The Balaban J connectivity index is 1.88. The van der Waals surface area contributed by atoms with Crippen molar-refractivity contribution in [3.63, 3.8) is 0 Å². The van der Waals surface area contributed by atoms with Crippen LogP contribution in [-0.4, -0.2) is 69.2 Å². The molecule has 0 amide bonds. The van der Waals surface area contributed by atoms with E-state index in [1.807, 2.05) is 31.2 Å². The average Bonchev–Trinajstić information content (AvgIpc) is 2.67. The number of sulfonamides is 1. The van der Waals surface area contributed by atoms with Crippen LogP contribution in [0.3, 0.4) is 0 Å². The minimum absolute atomic E-state index is 0.0707. The zero-order chi connectivity index (χ0) is 18.8. The molecule has 7 nitrogen and oxygen atoms in total. The number of aliphatic imine (C=N–C) groups is 1. The second-order valence-corrected chi connectivity index (χ2v) is 9.11. The lowest BCUT2D eigenvalue weighted by Crippen LogP contribution is -2.44. The van der Waals surface area contributed by atoms with Gasteiger partial charge >= 0.3 is 0 Å². The summed E-state index contributed by atoms with van der Waals surface area (Å²) in [4.78, 5) is 4.52. The highest BCUT2D eigenvalue weighted by molar-refractivity contribution is 7.99. The number of benzene rings is 1. The molecule has 1 aliphatic rings. The first-order chi connectivity index (χ1) is 12.5. The lowest BCUT2D eigenvalue weighted by molar-refractivity contribution is 0.414. The molecule has 1 aromatic rings. The van der Waals surface area contributed by atoms with Gasteiger partial charge in [-0.3, -0.25) is 0 Å². The molecule has 0 spiro atoms. The number of hydrogen-bond acceptors (Lipinski definition) is 5. The zero-order valence-corrected chi connectivity index (χ0v) is 17.0. The van der Waals surface area contributed by atoms with Crippen LogP contribution in [0.15, 0.2) is 29.3 Å². The summed E-state index contributed by atoms with van der Waals surface area (Å²) in [5, 5.41) is 6.25. The van der Waals surface area contributed by atoms with Crippen LogP contribution in [0.2, 0.25) is 0 Å². The van der Waals surface area contributed by atoms with E-state index < -0.39 is 10.0 Å². The fraction of sp³-hybridized carbons (Fsp3) is 0.588. The molecule has 2 N–H and O–H groups in total. The number of hydrogen-bond donors (Lipinski definition) is 2. The highest BCUT2D eigenvalue weighted by Gasteiger charge is 2.23. The van der Waals surface area contributed by atoms with E-state index in [0.29, 0.717) is 38.7 Å². The molecule has 0 saturated carbocycles. The van der Waals surface area contributed by atoms with E-state index in [4.69, 9.17) is 4.74 Å². The molecule has 0 radical (unpaired) electrons. The molecule has 9 heteroatoms. The van der Waals surface area contributed by atoms with Gasteiger partial charge in [0.2, 0.25) is 10.0 Å². The molecule has 0 aromatic heterocycles. The van der Waals surface area contributed by atoms with E-state index in [1.165, 1.54) is 0 Å². The van der Waals surface area contributed by atoms with Crippen LogP contribution in [0, 0.1) is 0 Å². The van der Waals surface area contributed by atoms with E-state index in [1.54, 1.807) is 23.2 Å². The molecule has 0 bridgehead atoms. The summed E-state index contributed by atoms with van der Waals surface area (Å²) in [5.41, 5.74) is 1.03. The third-order valence-electron chi connectivity index (χ3n) is 3.91. The van der Waals surface area contributed by atoms with Gasteiger partial charge in [-0.05, 0) is 24.6 Å². The Bertz CT molecular complexity index is 689. The third kappa shape index (κ3) is 6.69. The molecule has 0 atom stereocenters. The van der Waals surface area contributed by atoms with Crippen LogP contribution in [0.4, 0.5) is 0 Å². The molecule has 0 unspecified atom stereocenters. The number of nitrogens with one attached hydrogen (secondary N) is 2. The summed E-state index contributed by atoms with van der Waals surface area (Å²) in [6.45, 7) is 4.72. The van der Waals surface area contributed by atoms with Gasteiger partial charge in [-0.2, -0.15) is 11.8 Å². The monoisotopic (exact) mass is 400 g/mol. The minimum Gasteiger partial charge on any atom is -0.497 e. The lowest BCUT2D eigenvalue weighted by atomic mass is 10.2. The fourth-order valence-electron chi connectivity index (χ4n) is 2.54. The maximum Gasteiger partial charge on any atom is 0.215 e. The SMILES string of the molecule is CCNC(=NCc1cccc(OC)c1)NCCS(=O)(=O)N1CCSCC1. The Morgan fingerprint density at radius 1 is 1.31 bits per heavy atom. The highest BCUT2D eigenvalue weighted by Crippen LogP contribution is 2.14. The molecule has 1 aromatic carbocycles. The Labute approximate surface area is 160 Å². The van der Waals surface area contributed by atoms with E-state index in [-0.39, 0.29) is 5.75 Å². The van der Waals surface area contributed by atoms with E-state index in [2.05, 4.69) is 15.6 Å². The molecule has 1 saturated heterocycles. The van der Waals surface area contributed by atoms with E-state index in [0.717, 1.165) is 22.8 Å². The van der Waals surface area contributed by atoms with Crippen LogP contribution < -0.4 is 15.4 Å². The molecule has 1 heterocycles. The fourth-order valence-corrected chi connectivity index (χ4v) is 5.03. The first-order valence-electron chi connectivity index (χ1n) is 8.76. The van der Waals surface area contributed by atoms with Crippen LogP contribution in [0.5, 0.6) is 5.75 Å². The van der Waals surface area contributed by atoms with Crippen molar-refractivity contribution in [1.82, 2.24) is 14.9 Å². The van der Waals surface area contributed by atoms with Crippen LogP contribution in [-0.2, 0) is 16.6 Å². The van der Waals surface area contributed by atoms with Gasteiger partial charge in [0.05, 0.1) is 19.4 Å². The van der Waals surface area contributed by atoms with E-state index >= 15 is 0 Å². The average molecular weight is 401 g/mol. The Morgan fingerprint density at radius 3 is 2.77 bits per heavy atom. The molecule has 26 heavy (non-hydrogen) atoms. The third-order valence-corrected chi connectivity index (χ3v) is 6.73. The second kappa shape index (κ2) is 10.6. The topological polar surface area (TPSA) is 83.0 Å². The normalized spacial score (nSPS) is 16.3. The molecular formula is C17H28N4O3S2. The zero-order valence-electron chi connectivity index (χ0n) is 15.4. The maximum atomic E-state index is 12.4. The van der Waals surface area contributed by atoms with Crippen molar-refractivity contribution in [3.05, 3.63) is 29.8 Å². The smallest absolute Gasteiger partial charge is 0.215 e. The highest BCUT2D eigenvalue weighted by atomic mass is 32.2. The van der Waals surface area contributed by atoms with Crippen molar-refractivity contribution in [2.75, 3.05) is 50.5 Å². The lowest BCUT2D eigenvalue weighted by Gasteiger charge is -2.25. The summed E-state index contributed by atoms with van der Waals surface area (Å²) >= 11 is 1.80. The number of methoxy groups -OCH3 is 1. The van der Waals surface area contributed by atoms with Crippen LogP contribution >= 0.6 is 11.8 Å². The van der Waals surface area contributed by atoms with E-state index in [9.17, 15) is 8.42 Å². The number of rotatable bonds is 8. The summed E-state index contributed by atoms with van der Waals surface area (Å²) in [6.07, 6.45) is 0. The molecule has 0 aliphatic carbocycles. The summed E-state index contributed by atoms with van der Waals surface area (Å²) in [6, 6.07) is 7.73.